The van der Waals surface area contributed by atoms with Gasteiger partial charge in [-0.05, 0) is 25.5 Å². The second kappa shape index (κ2) is 4.80. The Morgan fingerprint density at radius 3 is 2.75 bits per heavy atom. The number of hydrogen-bond acceptors (Lipinski definition) is 2. The Balaban J connectivity index is 0.00000128. The number of benzene rings is 1. The molecule has 88 valence electrons. The summed E-state index contributed by atoms with van der Waals surface area (Å²) in [5.41, 5.74) is 1.75. The largest absolute Gasteiger partial charge is 0.344 e. The fraction of sp³-hybridized carbons (Fsp3) is 0.364. The molecule has 0 aliphatic carbocycles. The average molecular weight is 244 g/mol. The molecule has 0 atom stereocenters. The average Bonchev–Trinajstić information content (AvgIpc) is 2.46. The van der Waals surface area contributed by atoms with Gasteiger partial charge in [-0.15, -0.1) is 0 Å². The van der Waals surface area contributed by atoms with Gasteiger partial charge in [0, 0.05) is 11.9 Å². The van der Waals surface area contributed by atoms with E-state index in [1.54, 1.807) is 6.07 Å². The van der Waals surface area contributed by atoms with Gasteiger partial charge in [0.25, 0.3) is 0 Å². The predicted molar refractivity (Wildman–Crippen MR) is 64.8 cm³/mol. The molecule has 0 unspecified atom stereocenters. The summed E-state index contributed by atoms with van der Waals surface area (Å²) in [4.78, 5) is 0. The van der Waals surface area contributed by atoms with Crippen LogP contribution in [0, 0.1) is 12.7 Å². The Bertz CT molecular complexity index is 507. The number of aryl methyl sites for hydroxylation is 2. The molecule has 0 spiro atoms. The zero-order valence-corrected chi connectivity index (χ0v) is 10.2. The van der Waals surface area contributed by atoms with E-state index in [1.807, 2.05) is 11.6 Å². The van der Waals surface area contributed by atoms with Gasteiger partial charge in [-0.3, -0.25) is 4.68 Å². The third-order valence-corrected chi connectivity index (χ3v) is 2.70. The van der Waals surface area contributed by atoms with E-state index >= 15 is 0 Å². The van der Waals surface area contributed by atoms with Gasteiger partial charge < -0.3 is 6.15 Å². The van der Waals surface area contributed by atoms with E-state index in [0.29, 0.717) is 0 Å². The fourth-order valence-corrected chi connectivity index (χ4v) is 1.87. The van der Waals surface area contributed by atoms with E-state index in [2.05, 4.69) is 12.0 Å². The van der Waals surface area contributed by atoms with Gasteiger partial charge in [0.1, 0.15) is 5.82 Å². The normalized spacial score (nSPS) is 10.5. The van der Waals surface area contributed by atoms with E-state index in [4.69, 9.17) is 11.6 Å². The minimum Gasteiger partial charge on any atom is -0.344 e. The molecule has 0 bridgehead atoms. The first kappa shape index (κ1) is 12.9. The molecular formula is C11H15ClFN3. The van der Waals surface area contributed by atoms with E-state index < -0.39 is 0 Å². The summed E-state index contributed by atoms with van der Waals surface area (Å²) in [6.07, 6.45) is 0.991. The monoisotopic (exact) mass is 243 g/mol. The van der Waals surface area contributed by atoms with Crippen molar-refractivity contribution in [2.75, 3.05) is 0 Å². The van der Waals surface area contributed by atoms with Gasteiger partial charge in [0.15, 0.2) is 0 Å². The quantitative estimate of drug-likeness (QED) is 0.874. The zero-order chi connectivity index (χ0) is 11.0. The molecule has 1 aromatic heterocycles. The van der Waals surface area contributed by atoms with Crippen LogP contribution in [-0.2, 0) is 6.54 Å². The Labute approximate surface area is 98.8 Å². The van der Waals surface area contributed by atoms with Crippen molar-refractivity contribution in [2.45, 2.75) is 26.8 Å². The number of halogens is 2. The summed E-state index contributed by atoms with van der Waals surface area (Å²) < 4.78 is 15.1. The third kappa shape index (κ3) is 2.03. The van der Waals surface area contributed by atoms with Crippen LogP contribution in [0.4, 0.5) is 4.39 Å². The molecule has 0 amide bonds. The lowest BCUT2D eigenvalue weighted by Crippen LogP contribution is -1.98. The third-order valence-electron chi connectivity index (χ3n) is 2.41. The van der Waals surface area contributed by atoms with Crippen molar-refractivity contribution in [3.8, 4) is 0 Å². The van der Waals surface area contributed by atoms with Gasteiger partial charge >= 0.3 is 0 Å². The molecule has 0 aliphatic rings. The zero-order valence-electron chi connectivity index (χ0n) is 9.43. The molecule has 0 aliphatic heterocycles. The Morgan fingerprint density at radius 2 is 2.12 bits per heavy atom. The predicted octanol–water partition coefficient (Wildman–Crippen LogP) is 3.71. The SMILES string of the molecule is CCCn1nc(C)c2cc(F)c(Cl)cc21.N. The van der Waals surface area contributed by atoms with Crippen LogP contribution in [0.25, 0.3) is 10.9 Å². The lowest BCUT2D eigenvalue weighted by Gasteiger charge is -2.01. The molecule has 16 heavy (non-hydrogen) atoms. The highest BCUT2D eigenvalue weighted by atomic mass is 35.5. The smallest absolute Gasteiger partial charge is 0.142 e. The molecule has 0 saturated heterocycles. The fourth-order valence-electron chi connectivity index (χ4n) is 1.71. The standard InChI is InChI=1S/C11H12ClFN2.H3N/c1-3-4-15-11-6-9(12)10(13)5-8(11)7(2)14-15;/h5-6H,3-4H2,1-2H3;1H3. The number of nitrogens with zero attached hydrogens (tertiary/aromatic N) is 2. The molecule has 0 radical (unpaired) electrons. The minimum atomic E-state index is -0.386. The number of aromatic nitrogens is 2. The van der Waals surface area contributed by atoms with Crippen molar-refractivity contribution in [3.63, 3.8) is 0 Å². The van der Waals surface area contributed by atoms with Crippen LogP contribution < -0.4 is 6.15 Å². The van der Waals surface area contributed by atoms with Crippen LogP contribution in [0.1, 0.15) is 19.0 Å². The van der Waals surface area contributed by atoms with Crippen molar-refractivity contribution in [3.05, 3.63) is 28.7 Å². The van der Waals surface area contributed by atoms with Crippen molar-refractivity contribution >= 4 is 22.5 Å². The van der Waals surface area contributed by atoms with Crippen molar-refractivity contribution in [2.24, 2.45) is 0 Å². The van der Waals surface area contributed by atoms with Crippen LogP contribution in [0.15, 0.2) is 12.1 Å². The molecule has 1 aromatic carbocycles. The maximum Gasteiger partial charge on any atom is 0.142 e. The van der Waals surface area contributed by atoms with Crippen molar-refractivity contribution < 1.29 is 4.39 Å². The number of fused-ring (bicyclic) bond motifs is 1. The highest BCUT2D eigenvalue weighted by molar-refractivity contribution is 6.31. The maximum absolute atomic E-state index is 13.3. The van der Waals surface area contributed by atoms with Crippen LogP contribution in [-0.4, -0.2) is 9.78 Å². The molecule has 1 heterocycles. The van der Waals surface area contributed by atoms with Gasteiger partial charge in [0.05, 0.1) is 16.2 Å². The second-order valence-corrected chi connectivity index (χ2v) is 4.00. The summed E-state index contributed by atoms with van der Waals surface area (Å²) in [7, 11) is 0. The van der Waals surface area contributed by atoms with Crippen molar-refractivity contribution in [1.82, 2.24) is 15.9 Å². The molecule has 3 nitrogen and oxygen atoms in total. The van der Waals surface area contributed by atoms with Crippen LogP contribution >= 0.6 is 11.6 Å². The Morgan fingerprint density at radius 1 is 1.44 bits per heavy atom. The van der Waals surface area contributed by atoms with E-state index in [0.717, 1.165) is 29.6 Å². The maximum atomic E-state index is 13.3. The first-order chi connectivity index (χ1) is 7.13. The van der Waals surface area contributed by atoms with Gasteiger partial charge in [-0.25, -0.2) is 4.39 Å². The van der Waals surface area contributed by atoms with Crippen LogP contribution in [0.2, 0.25) is 5.02 Å². The van der Waals surface area contributed by atoms with E-state index in [-0.39, 0.29) is 17.0 Å². The summed E-state index contributed by atoms with van der Waals surface area (Å²) in [6.45, 7) is 4.78. The molecule has 0 fully saturated rings. The Hall–Kier alpha value is -1.13. The Kier molecular flexibility index (Phi) is 3.88. The molecule has 2 aromatic rings. The molecule has 0 saturated carbocycles. The minimum absolute atomic E-state index is 0. The summed E-state index contributed by atoms with van der Waals surface area (Å²) in [6, 6.07) is 3.09. The summed E-state index contributed by atoms with van der Waals surface area (Å²) in [5.74, 6) is -0.386. The van der Waals surface area contributed by atoms with E-state index in [1.165, 1.54) is 6.07 Å². The highest BCUT2D eigenvalue weighted by Crippen LogP contribution is 2.25. The second-order valence-electron chi connectivity index (χ2n) is 3.59. The number of hydrogen-bond donors (Lipinski definition) is 1. The van der Waals surface area contributed by atoms with E-state index in [9.17, 15) is 4.39 Å². The van der Waals surface area contributed by atoms with Crippen LogP contribution in [0.5, 0.6) is 0 Å². The molecule has 3 N–H and O–H groups in total. The van der Waals surface area contributed by atoms with Gasteiger partial charge in [-0.1, -0.05) is 18.5 Å². The first-order valence-corrected chi connectivity index (χ1v) is 5.33. The topological polar surface area (TPSA) is 52.8 Å². The molecule has 5 heteroatoms. The lowest BCUT2D eigenvalue weighted by molar-refractivity contribution is 0.615. The molecular weight excluding hydrogens is 229 g/mol. The number of rotatable bonds is 2. The summed E-state index contributed by atoms with van der Waals surface area (Å²) >= 11 is 5.75. The molecule has 2 rings (SSSR count). The van der Waals surface area contributed by atoms with Crippen LogP contribution in [0.3, 0.4) is 0 Å². The summed E-state index contributed by atoms with van der Waals surface area (Å²) in [5, 5.41) is 5.34. The first-order valence-electron chi connectivity index (χ1n) is 4.95. The highest BCUT2D eigenvalue weighted by Gasteiger charge is 2.10. The van der Waals surface area contributed by atoms with Crippen molar-refractivity contribution in [1.29, 1.82) is 0 Å². The van der Waals surface area contributed by atoms with Gasteiger partial charge in [-0.2, -0.15) is 5.10 Å². The lowest BCUT2D eigenvalue weighted by atomic mass is 10.2. The van der Waals surface area contributed by atoms with Gasteiger partial charge in [0.2, 0.25) is 0 Å².